The van der Waals surface area contributed by atoms with Gasteiger partial charge in [-0.15, -0.1) is 0 Å². The predicted octanol–water partition coefficient (Wildman–Crippen LogP) is 0.807. The van der Waals surface area contributed by atoms with Gasteiger partial charge in [0.05, 0.1) is 25.4 Å². The van der Waals surface area contributed by atoms with Crippen molar-refractivity contribution in [1.29, 1.82) is 0 Å². The molecule has 0 bridgehead atoms. The molecule has 4 heteroatoms. The third kappa shape index (κ3) is 22.6. The van der Waals surface area contributed by atoms with Crippen LogP contribution in [0, 0.1) is 0 Å². The lowest BCUT2D eigenvalue weighted by atomic mass is 10.4. The third-order valence-electron chi connectivity index (χ3n) is 1.13. The average molecular weight is 208 g/mol. The molecule has 0 heterocycles. The van der Waals surface area contributed by atoms with E-state index in [-0.39, 0.29) is 0 Å². The Morgan fingerprint density at radius 1 is 0.857 bits per heavy atom. The number of hydrogen-bond donors (Lipinski definition) is 2. The summed E-state index contributed by atoms with van der Waals surface area (Å²) in [6.45, 7) is 9.54. The topological polar surface area (TPSA) is 58.9 Å². The molecule has 0 saturated carbocycles. The van der Waals surface area contributed by atoms with Gasteiger partial charge < -0.3 is 19.7 Å². The van der Waals surface area contributed by atoms with Gasteiger partial charge in [-0.1, -0.05) is 0 Å². The summed E-state index contributed by atoms with van der Waals surface area (Å²) in [6.07, 6.45) is -0.882. The predicted molar refractivity (Wildman–Crippen MR) is 56.3 cm³/mol. The van der Waals surface area contributed by atoms with Crippen molar-refractivity contribution in [1.82, 2.24) is 0 Å². The van der Waals surface area contributed by atoms with Crippen LogP contribution < -0.4 is 0 Å². The van der Waals surface area contributed by atoms with Crippen molar-refractivity contribution >= 4 is 0 Å². The van der Waals surface area contributed by atoms with Gasteiger partial charge in [0.25, 0.3) is 0 Å². The van der Waals surface area contributed by atoms with E-state index in [0.717, 1.165) is 13.2 Å². The fourth-order valence-corrected chi connectivity index (χ4v) is 0.613. The van der Waals surface area contributed by atoms with Crippen molar-refractivity contribution in [2.24, 2.45) is 0 Å². The summed E-state index contributed by atoms with van der Waals surface area (Å²) >= 11 is 0. The Balaban J connectivity index is 0. The van der Waals surface area contributed by atoms with Gasteiger partial charge in [0.1, 0.15) is 0 Å². The maximum Gasteiger partial charge on any atom is 0.0745 e. The summed E-state index contributed by atoms with van der Waals surface area (Å²) in [6, 6.07) is 0. The molecule has 0 aliphatic heterocycles. The number of aliphatic hydroxyl groups is 2. The number of rotatable bonds is 6. The molecule has 0 aromatic rings. The lowest BCUT2D eigenvalue weighted by Crippen LogP contribution is -2.16. The van der Waals surface area contributed by atoms with E-state index in [1.54, 1.807) is 13.8 Å². The molecule has 0 saturated heterocycles. The van der Waals surface area contributed by atoms with Crippen LogP contribution in [-0.2, 0) is 9.47 Å². The molecule has 0 aromatic heterocycles. The monoisotopic (exact) mass is 208 g/mol. The van der Waals surface area contributed by atoms with Crippen molar-refractivity contribution < 1.29 is 19.7 Å². The normalized spacial score (nSPS) is 14.1. The Morgan fingerprint density at radius 2 is 1.21 bits per heavy atom. The maximum absolute atomic E-state index is 8.66. The van der Waals surface area contributed by atoms with E-state index in [2.05, 4.69) is 0 Å². The lowest BCUT2D eigenvalue weighted by molar-refractivity contribution is 0.00392. The highest BCUT2D eigenvalue weighted by Gasteiger charge is 1.97. The van der Waals surface area contributed by atoms with Crippen molar-refractivity contribution in [3.8, 4) is 0 Å². The SMILES string of the molecule is CC(O)COCC(C)O.CCOCC. The first-order chi connectivity index (χ1) is 6.54. The molecule has 0 aliphatic carbocycles. The first kappa shape index (κ1) is 16.3. The summed E-state index contributed by atoms with van der Waals surface area (Å²) in [7, 11) is 0. The number of ether oxygens (including phenoxy) is 2. The van der Waals surface area contributed by atoms with Crippen LogP contribution in [0.1, 0.15) is 27.7 Å². The van der Waals surface area contributed by atoms with Crippen LogP contribution in [0.15, 0.2) is 0 Å². The molecule has 0 amide bonds. The van der Waals surface area contributed by atoms with Gasteiger partial charge in [-0.05, 0) is 27.7 Å². The van der Waals surface area contributed by atoms with Crippen LogP contribution in [0.4, 0.5) is 0 Å². The zero-order valence-electron chi connectivity index (χ0n) is 9.69. The fraction of sp³-hybridized carbons (Fsp3) is 1.00. The van der Waals surface area contributed by atoms with Crippen molar-refractivity contribution in [3.05, 3.63) is 0 Å². The molecular weight excluding hydrogens is 184 g/mol. The largest absolute Gasteiger partial charge is 0.391 e. The Hall–Kier alpha value is -0.160. The minimum Gasteiger partial charge on any atom is -0.391 e. The van der Waals surface area contributed by atoms with Crippen LogP contribution in [0.25, 0.3) is 0 Å². The van der Waals surface area contributed by atoms with E-state index in [1.807, 2.05) is 13.8 Å². The van der Waals surface area contributed by atoms with Crippen LogP contribution in [0.3, 0.4) is 0 Å². The molecule has 2 unspecified atom stereocenters. The zero-order chi connectivity index (χ0) is 11.4. The zero-order valence-corrected chi connectivity index (χ0v) is 9.69. The second kappa shape index (κ2) is 12.8. The molecule has 14 heavy (non-hydrogen) atoms. The van der Waals surface area contributed by atoms with Gasteiger partial charge in [0, 0.05) is 13.2 Å². The quantitative estimate of drug-likeness (QED) is 0.678. The number of aliphatic hydroxyl groups excluding tert-OH is 2. The van der Waals surface area contributed by atoms with E-state index >= 15 is 0 Å². The van der Waals surface area contributed by atoms with Crippen molar-refractivity contribution in [2.75, 3.05) is 26.4 Å². The van der Waals surface area contributed by atoms with Gasteiger partial charge in [-0.2, -0.15) is 0 Å². The van der Waals surface area contributed by atoms with Gasteiger partial charge in [0.15, 0.2) is 0 Å². The van der Waals surface area contributed by atoms with Crippen molar-refractivity contribution in [2.45, 2.75) is 39.9 Å². The molecule has 4 nitrogen and oxygen atoms in total. The Morgan fingerprint density at radius 3 is 1.36 bits per heavy atom. The third-order valence-corrected chi connectivity index (χ3v) is 1.13. The minimum absolute atomic E-state index is 0.297. The molecule has 2 atom stereocenters. The summed E-state index contributed by atoms with van der Waals surface area (Å²) in [4.78, 5) is 0. The minimum atomic E-state index is -0.441. The fourth-order valence-electron chi connectivity index (χ4n) is 0.613. The Kier molecular flexibility index (Phi) is 14.9. The molecule has 0 aliphatic rings. The van der Waals surface area contributed by atoms with Crippen LogP contribution >= 0.6 is 0 Å². The Labute approximate surface area is 86.8 Å². The molecule has 0 fully saturated rings. The summed E-state index contributed by atoms with van der Waals surface area (Å²) in [5.74, 6) is 0. The van der Waals surface area contributed by atoms with E-state index in [4.69, 9.17) is 19.7 Å². The summed E-state index contributed by atoms with van der Waals surface area (Å²) in [5.41, 5.74) is 0. The smallest absolute Gasteiger partial charge is 0.0745 e. The Bertz CT molecular complexity index is 84.1. The lowest BCUT2D eigenvalue weighted by Gasteiger charge is -2.06. The van der Waals surface area contributed by atoms with Crippen molar-refractivity contribution in [3.63, 3.8) is 0 Å². The van der Waals surface area contributed by atoms with Gasteiger partial charge in [-0.25, -0.2) is 0 Å². The molecule has 2 N–H and O–H groups in total. The summed E-state index contributed by atoms with van der Waals surface area (Å²) < 4.78 is 9.69. The molecule has 0 aromatic carbocycles. The van der Waals surface area contributed by atoms with Crippen LogP contribution in [0.5, 0.6) is 0 Å². The van der Waals surface area contributed by atoms with E-state index in [1.165, 1.54) is 0 Å². The highest BCUT2D eigenvalue weighted by molar-refractivity contribution is 4.45. The maximum atomic E-state index is 8.66. The van der Waals surface area contributed by atoms with Crippen LogP contribution in [-0.4, -0.2) is 48.8 Å². The molecule has 88 valence electrons. The highest BCUT2D eigenvalue weighted by Crippen LogP contribution is 1.85. The highest BCUT2D eigenvalue weighted by atomic mass is 16.5. The van der Waals surface area contributed by atoms with E-state index < -0.39 is 12.2 Å². The molecule has 0 rings (SSSR count). The second-order valence-corrected chi connectivity index (χ2v) is 3.02. The second-order valence-electron chi connectivity index (χ2n) is 3.02. The molecule has 0 radical (unpaired) electrons. The summed E-state index contributed by atoms with van der Waals surface area (Å²) in [5, 5.41) is 17.3. The standard InChI is InChI=1S/C6H14O3.C4H10O/c1-5(7)3-9-4-6(2)8;1-3-5-4-2/h5-8H,3-4H2,1-2H3;3-4H2,1-2H3. The first-order valence-electron chi connectivity index (χ1n) is 5.06. The van der Waals surface area contributed by atoms with E-state index in [0.29, 0.717) is 13.2 Å². The first-order valence-corrected chi connectivity index (χ1v) is 5.06. The molecule has 0 spiro atoms. The van der Waals surface area contributed by atoms with Gasteiger partial charge in [-0.3, -0.25) is 0 Å². The van der Waals surface area contributed by atoms with Gasteiger partial charge in [0.2, 0.25) is 0 Å². The van der Waals surface area contributed by atoms with Gasteiger partial charge >= 0.3 is 0 Å². The van der Waals surface area contributed by atoms with E-state index in [9.17, 15) is 0 Å². The van der Waals surface area contributed by atoms with Crippen LogP contribution in [0.2, 0.25) is 0 Å². The molecular formula is C10H24O4. The average Bonchev–Trinajstić information content (AvgIpc) is 2.05. The number of hydrogen-bond acceptors (Lipinski definition) is 4.